The molecule has 0 bridgehead atoms. The number of hydrogen-bond donors (Lipinski definition) is 1. The molecule has 2 unspecified atom stereocenters. The van der Waals surface area contributed by atoms with E-state index in [2.05, 4.69) is 18.8 Å². The molecule has 1 fully saturated rings. The van der Waals surface area contributed by atoms with Gasteiger partial charge in [0.25, 0.3) is 0 Å². The number of thiazole rings is 1. The number of aryl methyl sites for hydroxylation is 2. The van der Waals surface area contributed by atoms with Crippen LogP contribution in [-0.4, -0.2) is 28.4 Å². The van der Waals surface area contributed by atoms with E-state index in [1.54, 1.807) is 11.3 Å². The lowest BCUT2D eigenvalue weighted by atomic mass is 9.87. The first-order chi connectivity index (χ1) is 8.02. The molecule has 4 heteroatoms. The molecule has 1 aromatic heterocycles. The second kappa shape index (κ2) is 5.04. The molecule has 1 aliphatic heterocycles. The molecule has 0 amide bonds. The molecule has 3 nitrogen and oxygen atoms in total. The zero-order valence-electron chi connectivity index (χ0n) is 10.8. The maximum Gasteiger partial charge on any atom is 0.0959 e. The Labute approximate surface area is 107 Å². The number of aromatic nitrogens is 1. The van der Waals surface area contributed by atoms with E-state index in [0.29, 0.717) is 13.0 Å². The Bertz CT molecular complexity index is 371. The highest BCUT2D eigenvalue weighted by Crippen LogP contribution is 2.31. The van der Waals surface area contributed by atoms with Crippen molar-refractivity contribution < 1.29 is 9.84 Å². The lowest BCUT2D eigenvalue weighted by Crippen LogP contribution is -2.42. The van der Waals surface area contributed by atoms with Gasteiger partial charge in [-0.05, 0) is 20.3 Å². The van der Waals surface area contributed by atoms with E-state index in [4.69, 9.17) is 4.74 Å². The largest absolute Gasteiger partial charge is 0.389 e. The van der Waals surface area contributed by atoms with Crippen LogP contribution in [0.5, 0.6) is 0 Å². The van der Waals surface area contributed by atoms with Crippen LogP contribution in [0.4, 0.5) is 0 Å². The summed E-state index contributed by atoms with van der Waals surface area (Å²) in [5, 5.41) is 11.7. The lowest BCUT2D eigenvalue weighted by molar-refractivity contribution is -0.103. The van der Waals surface area contributed by atoms with E-state index in [1.165, 1.54) is 4.88 Å². The molecule has 0 aliphatic carbocycles. The van der Waals surface area contributed by atoms with E-state index < -0.39 is 5.60 Å². The summed E-state index contributed by atoms with van der Waals surface area (Å²) in [6.45, 7) is 6.88. The summed E-state index contributed by atoms with van der Waals surface area (Å²) in [6.07, 6.45) is 3.31. The minimum Gasteiger partial charge on any atom is -0.389 e. The van der Waals surface area contributed by atoms with Gasteiger partial charge in [0, 0.05) is 30.7 Å². The van der Waals surface area contributed by atoms with Crippen LogP contribution >= 0.6 is 11.3 Å². The SMILES string of the molecule is CCC1CC(O)(Cc2nc(C)c(C)s2)CCO1. The second-order valence-electron chi connectivity index (χ2n) is 5.01. The first kappa shape index (κ1) is 13.0. The van der Waals surface area contributed by atoms with Crippen molar-refractivity contribution in [1.29, 1.82) is 0 Å². The van der Waals surface area contributed by atoms with E-state index in [1.807, 2.05) is 6.92 Å². The third kappa shape index (κ3) is 3.06. The van der Waals surface area contributed by atoms with Crippen molar-refractivity contribution in [2.75, 3.05) is 6.61 Å². The van der Waals surface area contributed by atoms with Crippen molar-refractivity contribution in [3.05, 3.63) is 15.6 Å². The predicted octanol–water partition coefficient (Wildman–Crippen LogP) is 2.62. The van der Waals surface area contributed by atoms with Crippen molar-refractivity contribution in [3.63, 3.8) is 0 Å². The average molecular weight is 255 g/mol. The molecule has 2 heterocycles. The molecular weight excluding hydrogens is 234 g/mol. The van der Waals surface area contributed by atoms with Gasteiger partial charge in [-0.3, -0.25) is 0 Å². The normalized spacial score (nSPS) is 29.5. The topological polar surface area (TPSA) is 42.4 Å². The lowest BCUT2D eigenvalue weighted by Gasteiger charge is -2.36. The monoisotopic (exact) mass is 255 g/mol. The molecule has 96 valence electrons. The Morgan fingerprint density at radius 2 is 2.29 bits per heavy atom. The maximum atomic E-state index is 10.6. The number of aliphatic hydroxyl groups is 1. The first-order valence-electron chi connectivity index (χ1n) is 6.29. The van der Waals surface area contributed by atoms with Gasteiger partial charge < -0.3 is 9.84 Å². The van der Waals surface area contributed by atoms with Crippen LogP contribution in [0.15, 0.2) is 0 Å². The molecule has 0 radical (unpaired) electrons. The minimum absolute atomic E-state index is 0.205. The van der Waals surface area contributed by atoms with Gasteiger partial charge in [0.05, 0.1) is 22.4 Å². The quantitative estimate of drug-likeness (QED) is 0.903. The second-order valence-corrected chi connectivity index (χ2v) is 6.29. The van der Waals surface area contributed by atoms with Crippen LogP contribution in [0.25, 0.3) is 0 Å². The third-order valence-corrected chi connectivity index (χ3v) is 4.61. The van der Waals surface area contributed by atoms with Crippen molar-refractivity contribution in [3.8, 4) is 0 Å². The van der Waals surface area contributed by atoms with Gasteiger partial charge in [0.1, 0.15) is 0 Å². The van der Waals surface area contributed by atoms with Crippen molar-refractivity contribution in [2.45, 2.75) is 58.2 Å². The summed E-state index contributed by atoms with van der Waals surface area (Å²) in [7, 11) is 0. The fourth-order valence-corrected chi connectivity index (χ4v) is 3.39. The minimum atomic E-state index is -0.615. The summed E-state index contributed by atoms with van der Waals surface area (Å²) >= 11 is 1.70. The van der Waals surface area contributed by atoms with Gasteiger partial charge in [0.15, 0.2) is 0 Å². The van der Waals surface area contributed by atoms with E-state index >= 15 is 0 Å². The fourth-order valence-electron chi connectivity index (χ4n) is 2.32. The summed E-state index contributed by atoms with van der Waals surface area (Å²) in [5.41, 5.74) is 0.475. The van der Waals surface area contributed by atoms with E-state index in [-0.39, 0.29) is 6.10 Å². The first-order valence-corrected chi connectivity index (χ1v) is 7.11. The van der Waals surface area contributed by atoms with E-state index in [9.17, 15) is 5.11 Å². The van der Waals surface area contributed by atoms with Crippen molar-refractivity contribution in [2.24, 2.45) is 0 Å². The molecule has 1 saturated heterocycles. The van der Waals surface area contributed by atoms with Crippen molar-refractivity contribution in [1.82, 2.24) is 4.98 Å². The summed E-state index contributed by atoms with van der Waals surface area (Å²) < 4.78 is 5.61. The third-order valence-electron chi connectivity index (χ3n) is 3.54. The fraction of sp³-hybridized carbons (Fsp3) is 0.769. The van der Waals surface area contributed by atoms with Crippen LogP contribution in [0.1, 0.15) is 41.8 Å². The van der Waals surface area contributed by atoms with Gasteiger partial charge in [-0.15, -0.1) is 11.3 Å². The molecule has 2 rings (SSSR count). The predicted molar refractivity (Wildman–Crippen MR) is 69.5 cm³/mol. The van der Waals surface area contributed by atoms with Crippen LogP contribution in [0.2, 0.25) is 0 Å². The molecule has 2 atom stereocenters. The Morgan fingerprint density at radius 1 is 1.53 bits per heavy atom. The summed E-state index contributed by atoms with van der Waals surface area (Å²) in [4.78, 5) is 5.77. The highest BCUT2D eigenvalue weighted by Gasteiger charge is 2.35. The molecule has 0 spiro atoms. The number of rotatable bonds is 3. The number of ether oxygens (including phenoxy) is 1. The van der Waals surface area contributed by atoms with Gasteiger partial charge in [-0.1, -0.05) is 6.92 Å². The van der Waals surface area contributed by atoms with Gasteiger partial charge in [-0.25, -0.2) is 4.98 Å². The van der Waals surface area contributed by atoms with E-state index in [0.717, 1.165) is 30.0 Å². The smallest absolute Gasteiger partial charge is 0.0959 e. The molecule has 1 N–H and O–H groups in total. The van der Waals surface area contributed by atoms with Gasteiger partial charge in [0.2, 0.25) is 0 Å². The molecule has 0 saturated carbocycles. The molecule has 17 heavy (non-hydrogen) atoms. The van der Waals surface area contributed by atoms with Crippen LogP contribution in [0.3, 0.4) is 0 Å². The summed E-state index contributed by atoms with van der Waals surface area (Å²) in [6, 6.07) is 0. The molecule has 1 aromatic rings. The maximum absolute atomic E-state index is 10.6. The van der Waals surface area contributed by atoms with Crippen LogP contribution in [0, 0.1) is 13.8 Å². The Hall–Kier alpha value is -0.450. The number of hydrogen-bond acceptors (Lipinski definition) is 4. The highest BCUT2D eigenvalue weighted by molar-refractivity contribution is 7.11. The Kier molecular flexibility index (Phi) is 3.85. The van der Waals surface area contributed by atoms with Crippen LogP contribution < -0.4 is 0 Å². The zero-order valence-corrected chi connectivity index (χ0v) is 11.6. The Morgan fingerprint density at radius 3 is 2.88 bits per heavy atom. The highest BCUT2D eigenvalue weighted by atomic mass is 32.1. The van der Waals surface area contributed by atoms with Gasteiger partial charge >= 0.3 is 0 Å². The number of nitrogens with zero attached hydrogens (tertiary/aromatic N) is 1. The molecular formula is C13H21NO2S. The zero-order chi connectivity index (χ0) is 12.5. The molecule has 1 aliphatic rings. The molecule has 0 aromatic carbocycles. The average Bonchev–Trinajstić information content (AvgIpc) is 2.57. The van der Waals surface area contributed by atoms with Gasteiger partial charge in [-0.2, -0.15) is 0 Å². The summed E-state index contributed by atoms with van der Waals surface area (Å²) in [5.74, 6) is 0. The standard InChI is InChI=1S/C13H21NO2S/c1-4-11-7-13(15,5-6-16-11)8-12-14-9(2)10(3)17-12/h11,15H,4-8H2,1-3H3. The van der Waals surface area contributed by atoms with Crippen LogP contribution in [-0.2, 0) is 11.2 Å². The Balaban J connectivity index is 2.06. The van der Waals surface area contributed by atoms with Crippen molar-refractivity contribution >= 4 is 11.3 Å².